The Bertz CT molecular complexity index is 454. The Hall–Kier alpha value is -1.82. The predicted octanol–water partition coefficient (Wildman–Crippen LogP) is 1.05. The third kappa shape index (κ3) is 5.05. The van der Waals surface area contributed by atoms with Crippen LogP contribution >= 0.6 is 0 Å². The first kappa shape index (κ1) is 16.2. The molecular formula is C14H23N3O3. The Kier molecular flexibility index (Phi) is 6.24. The van der Waals surface area contributed by atoms with Crippen LogP contribution in [0.3, 0.4) is 0 Å². The summed E-state index contributed by atoms with van der Waals surface area (Å²) in [5.74, 6) is -0.00501. The number of H-pyrrole nitrogens is 1. The monoisotopic (exact) mass is 281 g/mol. The topological polar surface area (TPSA) is 83.2 Å². The molecule has 1 unspecified atom stereocenters. The molecule has 1 rings (SSSR count). The van der Waals surface area contributed by atoms with Gasteiger partial charge in [0.15, 0.2) is 0 Å². The maximum atomic E-state index is 11.8. The van der Waals surface area contributed by atoms with E-state index in [1.807, 2.05) is 13.8 Å². The first-order chi connectivity index (χ1) is 9.43. The second-order valence-corrected chi connectivity index (χ2v) is 5.13. The molecule has 0 saturated heterocycles. The van der Waals surface area contributed by atoms with Crippen molar-refractivity contribution in [1.82, 2.24) is 15.6 Å². The number of carbonyl (C=O) groups is 2. The van der Waals surface area contributed by atoms with E-state index >= 15 is 0 Å². The average molecular weight is 281 g/mol. The number of nitrogens with one attached hydrogen (secondary N) is 3. The molecule has 0 saturated carbocycles. The van der Waals surface area contributed by atoms with Gasteiger partial charge in [0.25, 0.3) is 0 Å². The molecule has 20 heavy (non-hydrogen) atoms. The summed E-state index contributed by atoms with van der Waals surface area (Å²) >= 11 is 0. The summed E-state index contributed by atoms with van der Waals surface area (Å²) in [4.78, 5) is 26.0. The molecule has 1 aromatic heterocycles. The molecule has 6 nitrogen and oxygen atoms in total. The zero-order valence-corrected chi connectivity index (χ0v) is 12.4. The number of amides is 1. The fourth-order valence-corrected chi connectivity index (χ4v) is 1.59. The van der Waals surface area contributed by atoms with Gasteiger partial charge in [-0.2, -0.15) is 0 Å². The Labute approximate surface area is 119 Å². The Morgan fingerprint density at radius 2 is 2.00 bits per heavy atom. The van der Waals surface area contributed by atoms with Gasteiger partial charge in [0.1, 0.15) is 5.69 Å². The third-order valence-corrected chi connectivity index (χ3v) is 2.83. The van der Waals surface area contributed by atoms with Crippen LogP contribution in [0, 0.1) is 5.92 Å². The third-order valence-electron chi connectivity index (χ3n) is 2.83. The van der Waals surface area contributed by atoms with Gasteiger partial charge in [-0.1, -0.05) is 13.8 Å². The van der Waals surface area contributed by atoms with Crippen molar-refractivity contribution in [2.24, 2.45) is 5.92 Å². The van der Waals surface area contributed by atoms with Crippen LogP contribution in [0.1, 0.15) is 37.0 Å². The van der Waals surface area contributed by atoms with Crippen LogP contribution in [0.5, 0.6) is 0 Å². The van der Waals surface area contributed by atoms with Gasteiger partial charge in [-0.3, -0.25) is 4.79 Å². The van der Waals surface area contributed by atoms with Crippen LogP contribution < -0.4 is 10.6 Å². The standard InChI is InChI=1S/C14H23N3O3/c1-9(2)7-16-13(18)10(3)15-8-11-5-6-12(17-11)14(19)20-4/h5-6,9-10,15,17H,7-8H2,1-4H3,(H,16,18). The van der Waals surface area contributed by atoms with E-state index in [0.29, 0.717) is 24.7 Å². The summed E-state index contributed by atoms with van der Waals surface area (Å²) in [5, 5.41) is 5.96. The van der Waals surface area contributed by atoms with Crippen LogP contribution in [0.2, 0.25) is 0 Å². The molecule has 0 fully saturated rings. The highest BCUT2D eigenvalue weighted by Gasteiger charge is 2.13. The summed E-state index contributed by atoms with van der Waals surface area (Å²) < 4.78 is 4.61. The Morgan fingerprint density at radius 1 is 1.30 bits per heavy atom. The lowest BCUT2D eigenvalue weighted by atomic mass is 10.2. The van der Waals surface area contributed by atoms with Gasteiger partial charge >= 0.3 is 5.97 Å². The van der Waals surface area contributed by atoms with Gasteiger partial charge < -0.3 is 20.4 Å². The van der Waals surface area contributed by atoms with Gasteiger partial charge in [0, 0.05) is 18.8 Å². The molecule has 1 aromatic rings. The fraction of sp³-hybridized carbons (Fsp3) is 0.571. The van der Waals surface area contributed by atoms with Crippen molar-refractivity contribution in [3.63, 3.8) is 0 Å². The van der Waals surface area contributed by atoms with E-state index in [1.54, 1.807) is 19.1 Å². The lowest BCUT2D eigenvalue weighted by Gasteiger charge is -2.14. The van der Waals surface area contributed by atoms with Gasteiger partial charge in [-0.15, -0.1) is 0 Å². The second kappa shape index (κ2) is 7.69. The normalized spacial score (nSPS) is 12.2. The molecule has 112 valence electrons. The lowest BCUT2D eigenvalue weighted by molar-refractivity contribution is -0.122. The molecule has 3 N–H and O–H groups in total. The van der Waals surface area contributed by atoms with E-state index in [4.69, 9.17) is 0 Å². The molecule has 0 spiro atoms. The van der Waals surface area contributed by atoms with Crippen molar-refractivity contribution in [1.29, 1.82) is 0 Å². The molecule has 0 aromatic carbocycles. The summed E-state index contributed by atoms with van der Waals surface area (Å²) in [5.41, 5.74) is 1.23. The first-order valence-electron chi connectivity index (χ1n) is 6.71. The van der Waals surface area contributed by atoms with E-state index in [9.17, 15) is 9.59 Å². The number of ether oxygens (including phenoxy) is 1. The van der Waals surface area contributed by atoms with Crippen molar-refractivity contribution in [2.75, 3.05) is 13.7 Å². The van der Waals surface area contributed by atoms with Crippen LogP contribution in [-0.2, 0) is 16.1 Å². The molecule has 0 aliphatic carbocycles. The summed E-state index contributed by atoms with van der Waals surface area (Å²) in [7, 11) is 1.34. The minimum Gasteiger partial charge on any atom is -0.464 e. The Morgan fingerprint density at radius 3 is 2.60 bits per heavy atom. The SMILES string of the molecule is COC(=O)c1ccc(CNC(C)C(=O)NCC(C)C)[nH]1. The maximum Gasteiger partial charge on any atom is 0.354 e. The van der Waals surface area contributed by atoms with E-state index in [1.165, 1.54) is 7.11 Å². The van der Waals surface area contributed by atoms with Gasteiger partial charge in [-0.25, -0.2) is 4.79 Å². The molecule has 0 aliphatic rings. The number of aromatic nitrogens is 1. The van der Waals surface area contributed by atoms with Crippen molar-refractivity contribution in [3.8, 4) is 0 Å². The number of rotatable bonds is 7. The zero-order chi connectivity index (χ0) is 15.1. The zero-order valence-electron chi connectivity index (χ0n) is 12.4. The summed E-state index contributed by atoms with van der Waals surface area (Å²) in [6.45, 7) is 7.05. The quantitative estimate of drug-likeness (QED) is 0.652. The fourth-order valence-electron chi connectivity index (χ4n) is 1.59. The maximum absolute atomic E-state index is 11.8. The predicted molar refractivity (Wildman–Crippen MR) is 76.3 cm³/mol. The van der Waals surface area contributed by atoms with E-state index in [2.05, 4.69) is 20.4 Å². The van der Waals surface area contributed by atoms with E-state index < -0.39 is 5.97 Å². The Balaban J connectivity index is 2.40. The lowest BCUT2D eigenvalue weighted by Crippen LogP contribution is -2.43. The number of aromatic amines is 1. The van der Waals surface area contributed by atoms with Crippen LogP contribution in [0.15, 0.2) is 12.1 Å². The molecule has 1 heterocycles. The molecule has 0 radical (unpaired) electrons. The number of hydrogen-bond donors (Lipinski definition) is 3. The molecule has 6 heteroatoms. The summed E-state index contributed by atoms with van der Waals surface area (Å²) in [6.07, 6.45) is 0. The number of hydrogen-bond acceptors (Lipinski definition) is 4. The second-order valence-electron chi connectivity index (χ2n) is 5.13. The van der Waals surface area contributed by atoms with Crippen LogP contribution in [0.25, 0.3) is 0 Å². The average Bonchev–Trinajstić information content (AvgIpc) is 2.89. The number of carbonyl (C=O) groups excluding carboxylic acids is 2. The van der Waals surface area contributed by atoms with Gasteiger partial charge in [0.05, 0.1) is 13.2 Å². The van der Waals surface area contributed by atoms with Gasteiger partial charge in [-0.05, 0) is 25.0 Å². The summed E-state index contributed by atoms with van der Waals surface area (Å²) in [6, 6.07) is 3.16. The highest BCUT2D eigenvalue weighted by molar-refractivity contribution is 5.87. The smallest absolute Gasteiger partial charge is 0.354 e. The first-order valence-corrected chi connectivity index (χ1v) is 6.71. The largest absolute Gasteiger partial charge is 0.464 e. The number of methoxy groups -OCH3 is 1. The van der Waals surface area contributed by atoms with E-state index in [0.717, 1.165) is 5.69 Å². The number of esters is 1. The molecule has 0 aliphatic heterocycles. The van der Waals surface area contributed by atoms with Crippen molar-refractivity contribution in [2.45, 2.75) is 33.4 Å². The van der Waals surface area contributed by atoms with Crippen molar-refractivity contribution in [3.05, 3.63) is 23.5 Å². The van der Waals surface area contributed by atoms with Crippen LogP contribution in [0.4, 0.5) is 0 Å². The molecule has 1 amide bonds. The van der Waals surface area contributed by atoms with Crippen molar-refractivity contribution >= 4 is 11.9 Å². The van der Waals surface area contributed by atoms with Crippen molar-refractivity contribution < 1.29 is 14.3 Å². The molecule has 0 bridgehead atoms. The van der Waals surface area contributed by atoms with Gasteiger partial charge in [0.2, 0.25) is 5.91 Å². The minimum atomic E-state index is -0.404. The molecular weight excluding hydrogens is 258 g/mol. The van der Waals surface area contributed by atoms with Crippen LogP contribution in [-0.4, -0.2) is 36.6 Å². The van der Waals surface area contributed by atoms with E-state index in [-0.39, 0.29) is 11.9 Å². The highest BCUT2D eigenvalue weighted by Crippen LogP contribution is 2.03. The minimum absolute atomic E-state index is 0.0292. The highest BCUT2D eigenvalue weighted by atomic mass is 16.5. The molecule has 1 atom stereocenters.